The number of hydrogen-bond donors (Lipinski definition) is 3. The molecule has 92 valence electrons. The summed E-state index contributed by atoms with van der Waals surface area (Å²) in [4.78, 5) is 10.6. The molecule has 0 amide bonds. The Bertz CT molecular complexity index is 435. The van der Waals surface area contributed by atoms with Gasteiger partial charge in [-0.1, -0.05) is 0 Å². The molecule has 1 fully saturated rings. The molecule has 0 spiro atoms. The van der Waals surface area contributed by atoms with Gasteiger partial charge in [0.25, 0.3) is 0 Å². The molecular weight excluding hydrogens is 232 g/mol. The van der Waals surface area contributed by atoms with E-state index in [4.69, 9.17) is 10.2 Å². The Hall–Kier alpha value is -1.69. The Kier molecular flexibility index (Phi) is 2.97. The minimum absolute atomic E-state index is 0.176. The molecule has 1 aromatic carbocycles. The van der Waals surface area contributed by atoms with E-state index in [1.54, 1.807) is 0 Å². The highest BCUT2D eigenvalue weighted by Crippen LogP contribution is 2.28. The van der Waals surface area contributed by atoms with Gasteiger partial charge in [0.1, 0.15) is 17.3 Å². The van der Waals surface area contributed by atoms with Gasteiger partial charge in [-0.05, 0) is 25.0 Å². The van der Waals surface area contributed by atoms with E-state index < -0.39 is 29.3 Å². The van der Waals surface area contributed by atoms with Gasteiger partial charge in [0.2, 0.25) is 0 Å². The number of benzene rings is 1. The number of nitrogens with one attached hydrogen (secondary N) is 1. The van der Waals surface area contributed by atoms with Crippen molar-refractivity contribution in [1.82, 2.24) is 0 Å². The fourth-order valence-electron chi connectivity index (χ4n) is 1.74. The number of halogens is 2. The van der Waals surface area contributed by atoms with Gasteiger partial charge in [0, 0.05) is 6.04 Å². The third kappa shape index (κ3) is 2.36. The highest BCUT2D eigenvalue weighted by atomic mass is 19.1. The van der Waals surface area contributed by atoms with Crippen molar-refractivity contribution in [3.63, 3.8) is 0 Å². The summed E-state index contributed by atoms with van der Waals surface area (Å²) >= 11 is 0. The second-order valence-electron chi connectivity index (χ2n) is 4.09. The lowest BCUT2D eigenvalue weighted by atomic mass is 9.89. The predicted molar refractivity (Wildman–Crippen MR) is 56.0 cm³/mol. The summed E-state index contributed by atoms with van der Waals surface area (Å²) in [6, 6.07) is 1.36. The molecule has 0 heterocycles. The smallest absolute Gasteiger partial charge is 0.335 e. The first-order valence-corrected chi connectivity index (χ1v) is 5.14. The lowest BCUT2D eigenvalue weighted by Crippen LogP contribution is -2.39. The van der Waals surface area contributed by atoms with Crippen LogP contribution < -0.4 is 5.32 Å². The summed E-state index contributed by atoms with van der Waals surface area (Å²) in [5.41, 5.74) is -0.772. The Morgan fingerprint density at radius 3 is 2.24 bits per heavy atom. The molecule has 4 nitrogen and oxygen atoms in total. The SMILES string of the molecule is O=C(O)c1cc(F)c(NC2CC(O)C2)c(F)c1. The molecule has 0 aromatic heterocycles. The fourth-order valence-corrected chi connectivity index (χ4v) is 1.74. The molecule has 17 heavy (non-hydrogen) atoms. The lowest BCUT2D eigenvalue weighted by Gasteiger charge is -2.33. The lowest BCUT2D eigenvalue weighted by molar-refractivity contribution is 0.0695. The number of aliphatic hydroxyl groups excluding tert-OH is 1. The number of anilines is 1. The van der Waals surface area contributed by atoms with Gasteiger partial charge in [-0.25, -0.2) is 13.6 Å². The van der Waals surface area contributed by atoms with E-state index in [2.05, 4.69) is 5.32 Å². The second kappa shape index (κ2) is 4.29. The normalized spacial score (nSPS) is 23.0. The van der Waals surface area contributed by atoms with Gasteiger partial charge in [0.05, 0.1) is 11.7 Å². The van der Waals surface area contributed by atoms with Crippen molar-refractivity contribution in [3.8, 4) is 0 Å². The zero-order chi connectivity index (χ0) is 12.6. The van der Waals surface area contributed by atoms with Gasteiger partial charge in [0.15, 0.2) is 0 Å². The largest absolute Gasteiger partial charge is 0.478 e. The third-order valence-electron chi connectivity index (χ3n) is 2.75. The molecule has 1 aromatic rings. The summed E-state index contributed by atoms with van der Waals surface area (Å²) in [5, 5.41) is 20.3. The van der Waals surface area contributed by atoms with E-state index in [0.717, 1.165) is 12.1 Å². The summed E-state index contributed by atoms with van der Waals surface area (Å²) in [6.45, 7) is 0. The first kappa shape index (κ1) is 11.8. The number of carbonyl (C=O) groups is 1. The van der Waals surface area contributed by atoms with Crippen LogP contribution in [0.1, 0.15) is 23.2 Å². The van der Waals surface area contributed by atoms with E-state index >= 15 is 0 Å². The van der Waals surface area contributed by atoms with Crippen LogP contribution in [0.2, 0.25) is 0 Å². The Balaban J connectivity index is 2.20. The Morgan fingerprint density at radius 2 is 1.82 bits per heavy atom. The molecule has 3 N–H and O–H groups in total. The Labute approximate surface area is 95.9 Å². The minimum atomic E-state index is -1.38. The maximum absolute atomic E-state index is 13.5. The number of hydrogen-bond acceptors (Lipinski definition) is 3. The Morgan fingerprint density at radius 1 is 1.29 bits per heavy atom. The first-order chi connectivity index (χ1) is 7.97. The van der Waals surface area contributed by atoms with E-state index in [9.17, 15) is 13.6 Å². The van der Waals surface area contributed by atoms with Crippen LogP contribution in [0.15, 0.2) is 12.1 Å². The first-order valence-electron chi connectivity index (χ1n) is 5.14. The van der Waals surface area contributed by atoms with Crippen molar-refractivity contribution in [3.05, 3.63) is 29.3 Å². The van der Waals surface area contributed by atoms with Gasteiger partial charge in [-0.2, -0.15) is 0 Å². The molecule has 1 aliphatic carbocycles. The molecule has 0 aliphatic heterocycles. The summed E-state index contributed by atoms with van der Waals surface area (Å²) < 4.78 is 26.9. The number of carboxylic acid groups (broad SMARTS) is 1. The van der Waals surface area contributed by atoms with E-state index in [0.29, 0.717) is 12.8 Å². The quantitative estimate of drug-likeness (QED) is 0.754. The van der Waals surface area contributed by atoms with Gasteiger partial charge < -0.3 is 15.5 Å². The van der Waals surface area contributed by atoms with Crippen LogP contribution in [-0.4, -0.2) is 28.3 Å². The van der Waals surface area contributed by atoms with Crippen LogP contribution in [0.5, 0.6) is 0 Å². The summed E-state index contributed by atoms with van der Waals surface area (Å²) in [5.74, 6) is -3.26. The molecule has 0 unspecified atom stereocenters. The average Bonchev–Trinajstić information content (AvgIpc) is 2.19. The van der Waals surface area contributed by atoms with E-state index in [1.807, 2.05) is 0 Å². The van der Waals surface area contributed by atoms with Crippen LogP contribution >= 0.6 is 0 Å². The molecule has 0 radical (unpaired) electrons. The van der Waals surface area contributed by atoms with Crippen LogP contribution in [0.25, 0.3) is 0 Å². The predicted octanol–water partition coefficient (Wildman–Crippen LogP) is 1.60. The topological polar surface area (TPSA) is 69.6 Å². The average molecular weight is 243 g/mol. The van der Waals surface area contributed by atoms with Crippen LogP contribution in [0, 0.1) is 11.6 Å². The molecule has 0 saturated heterocycles. The second-order valence-corrected chi connectivity index (χ2v) is 4.09. The maximum atomic E-state index is 13.5. The molecule has 1 saturated carbocycles. The van der Waals surface area contributed by atoms with Crippen molar-refractivity contribution in [2.75, 3.05) is 5.32 Å². The minimum Gasteiger partial charge on any atom is -0.478 e. The molecule has 0 atom stereocenters. The van der Waals surface area contributed by atoms with E-state index in [1.165, 1.54) is 0 Å². The molecular formula is C11H11F2NO3. The number of aromatic carboxylic acids is 1. The van der Waals surface area contributed by atoms with Crippen molar-refractivity contribution < 1.29 is 23.8 Å². The molecule has 0 bridgehead atoms. The standard InChI is InChI=1S/C11H11F2NO3/c12-8-1-5(11(16)17)2-9(13)10(8)14-6-3-7(15)4-6/h1-2,6-7,14-15H,3-4H2,(H,16,17). The third-order valence-corrected chi connectivity index (χ3v) is 2.75. The van der Waals surface area contributed by atoms with E-state index in [-0.39, 0.29) is 11.7 Å². The highest BCUT2D eigenvalue weighted by Gasteiger charge is 2.28. The van der Waals surface area contributed by atoms with Gasteiger partial charge >= 0.3 is 5.97 Å². The highest BCUT2D eigenvalue weighted by molar-refractivity contribution is 5.88. The maximum Gasteiger partial charge on any atom is 0.335 e. The zero-order valence-corrected chi connectivity index (χ0v) is 8.78. The molecule has 6 heteroatoms. The van der Waals surface area contributed by atoms with Crippen molar-refractivity contribution in [2.45, 2.75) is 25.0 Å². The van der Waals surface area contributed by atoms with Crippen LogP contribution in [-0.2, 0) is 0 Å². The number of aliphatic hydroxyl groups is 1. The summed E-state index contributed by atoms with van der Waals surface area (Å²) in [6.07, 6.45) is 0.427. The molecule has 1 aliphatic rings. The number of carboxylic acids is 1. The summed E-state index contributed by atoms with van der Waals surface area (Å²) in [7, 11) is 0. The number of rotatable bonds is 3. The van der Waals surface area contributed by atoms with Crippen molar-refractivity contribution in [1.29, 1.82) is 0 Å². The van der Waals surface area contributed by atoms with Crippen LogP contribution in [0.3, 0.4) is 0 Å². The van der Waals surface area contributed by atoms with Crippen molar-refractivity contribution >= 4 is 11.7 Å². The van der Waals surface area contributed by atoms with Gasteiger partial charge in [-0.15, -0.1) is 0 Å². The van der Waals surface area contributed by atoms with Gasteiger partial charge in [-0.3, -0.25) is 0 Å². The molecule has 2 rings (SSSR count). The zero-order valence-electron chi connectivity index (χ0n) is 8.78. The van der Waals surface area contributed by atoms with Crippen molar-refractivity contribution in [2.24, 2.45) is 0 Å². The monoisotopic (exact) mass is 243 g/mol. The van der Waals surface area contributed by atoms with Crippen LogP contribution in [0.4, 0.5) is 14.5 Å². The fraction of sp³-hybridized carbons (Fsp3) is 0.364.